The molecule has 2 aliphatic carbocycles. The van der Waals surface area contributed by atoms with Crippen LogP contribution in [-0.4, -0.2) is 20.4 Å². The first-order valence-corrected chi connectivity index (χ1v) is 11.2. The highest BCUT2D eigenvalue weighted by Crippen LogP contribution is 2.38. The molecule has 0 saturated heterocycles. The summed E-state index contributed by atoms with van der Waals surface area (Å²) in [5.74, 6) is -0.339. The van der Waals surface area contributed by atoms with Crippen LogP contribution in [0.2, 0.25) is 0 Å². The maximum absolute atomic E-state index is 12.8. The summed E-state index contributed by atoms with van der Waals surface area (Å²) >= 11 is 0. The Bertz CT molecular complexity index is 998. The molecule has 0 aromatic heterocycles. The van der Waals surface area contributed by atoms with E-state index in [0.717, 1.165) is 44.2 Å². The average molecular weight is 400 g/mol. The topological polar surface area (TPSA) is 101 Å². The minimum absolute atomic E-state index is 0.0860. The Morgan fingerprint density at radius 2 is 1.57 bits per heavy atom. The molecular formula is C21H25N3O3S. The van der Waals surface area contributed by atoms with Gasteiger partial charge in [0.05, 0.1) is 10.9 Å². The number of hydrogen-bond acceptors (Lipinski definition) is 4. The second-order valence-electron chi connectivity index (χ2n) is 7.64. The lowest BCUT2D eigenvalue weighted by molar-refractivity contribution is -0.117. The molecule has 0 spiro atoms. The Balaban J connectivity index is 1.54. The third kappa shape index (κ3) is 3.52. The van der Waals surface area contributed by atoms with Crippen molar-refractivity contribution in [2.24, 2.45) is 0 Å². The number of fused-ring (bicyclic) bond motifs is 2. The van der Waals surface area contributed by atoms with E-state index in [9.17, 15) is 13.2 Å². The molecule has 0 saturated carbocycles. The minimum atomic E-state index is -3.80. The van der Waals surface area contributed by atoms with E-state index in [4.69, 9.17) is 5.73 Å². The molecule has 1 atom stereocenters. The summed E-state index contributed by atoms with van der Waals surface area (Å²) in [5.41, 5.74) is 12.1. The third-order valence-electron chi connectivity index (χ3n) is 5.64. The number of carbonyl (C=O) groups is 1. The Morgan fingerprint density at radius 3 is 2.14 bits per heavy atom. The first-order chi connectivity index (χ1) is 13.3. The van der Waals surface area contributed by atoms with Crippen molar-refractivity contribution in [3.8, 4) is 0 Å². The van der Waals surface area contributed by atoms with Crippen molar-refractivity contribution >= 4 is 27.3 Å². The Kier molecular flexibility index (Phi) is 4.89. The van der Waals surface area contributed by atoms with Gasteiger partial charge in [0.2, 0.25) is 15.9 Å². The van der Waals surface area contributed by atoms with Gasteiger partial charge in [-0.1, -0.05) is 6.07 Å². The van der Waals surface area contributed by atoms with E-state index in [-0.39, 0.29) is 10.8 Å². The van der Waals surface area contributed by atoms with Crippen LogP contribution in [0.15, 0.2) is 35.2 Å². The molecule has 28 heavy (non-hydrogen) atoms. The van der Waals surface area contributed by atoms with Gasteiger partial charge in [-0.05, 0) is 92.0 Å². The zero-order valence-electron chi connectivity index (χ0n) is 15.9. The van der Waals surface area contributed by atoms with Crippen LogP contribution in [0.5, 0.6) is 0 Å². The first kappa shape index (κ1) is 19.0. The molecule has 7 heteroatoms. The lowest BCUT2D eigenvalue weighted by Crippen LogP contribution is -2.41. The van der Waals surface area contributed by atoms with Crippen LogP contribution in [-0.2, 0) is 40.5 Å². The molecule has 6 nitrogen and oxygen atoms in total. The van der Waals surface area contributed by atoms with Crippen molar-refractivity contribution in [1.82, 2.24) is 4.72 Å². The van der Waals surface area contributed by atoms with Gasteiger partial charge in [0.15, 0.2) is 0 Å². The molecule has 4 rings (SSSR count). The van der Waals surface area contributed by atoms with Crippen LogP contribution in [0.3, 0.4) is 0 Å². The predicted octanol–water partition coefficient (Wildman–Crippen LogP) is 2.55. The van der Waals surface area contributed by atoms with Gasteiger partial charge < -0.3 is 11.1 Å². The van der Waals surface area contributed by atoms with Crippen LogP contribution >= 0.6 is 0 Å². The second-order valence-corrected chi connectivity index (χ2v) is 9.35. The highest BCUT2D eigenvalue weighted by atomic mass is 32.2. The SMILES string of the molecule is CC(NS(=O)(=O)c1ccc(N)cc1)C(=O)Nc1c2c(cc3c1CCC3)CCC2. The van der Waals surface area contributed by atoms with E-state index in [1.54, 1.807) is 6.92 Å². The highest BCUT2D eigenvalue weighted by molar-refractivity contribution is 7.89. The van der Waals surface area contributed by atoms with Gasteiger partial charge in [-0.3, -0.25) is 4.79 Å². The number of amides is 1. The fraction of sp³-hybridized carbons (Fsp3) is 0.381. The normalized spacial score (nSPS) is 16.5. The van der Waals surface area contributed by atoms with Gasteiger partial charge in [-0.15, -0.1) is 0 Å². The van der Waals surface area contributed by atoms with E-state index < -0.39 is 16.1 Å². The van der Waals surface area contributed by atoms with Gasteiger partial charge in [-0.2, -0.15) is 4.72 Å². The molecule has 0 fully saturated rings. The standard InChI is InChI=1S/C21H25N3O3S/c1-13(24-28(26,27)17-10-8-16(22)9-11-17)21(25)23-20-18-6-2-4-14(18)12-15-5-3-7-19(15)20/h8-13,24H,2-7,22H2,1H3,(H,23,25). The zero-order valence-corrected chi connectivity index (χ0v) is 16.7. The van der Waals surface area contributed by atoms with Crippen molar-refractivity contribution in [1.29, 1.82) is 0 Å². The average Bonchev–Trinajstić information content (AvgIpc) is 3.30. The first-order valence-electron chi connectivity index (χ1n) is 9.70. The van der Waals surface area contributed by atoms with Crippen molar-refractivity contribution in [3.63, 3.8) is 0 Å². The minimum Gasteiger partial charge on any atom is -0.399 e. The largest absolute Gasteiger partial charge is 0.399 e. The van der Waals surface area contributed by atoms with Gasteiger partial charge in [0.1, 0.15) is 0 Å². The Morgan fingerprint density at radius 1 is 1.00 bits per heavy atom. The quantitative estimate of drug-likeness (QED) is 0.673. The van der Waals surface area contributed by atoms with Gasteiger partial charge >= 0.3 is 0 Å². The van der Waals surface area contributed by atoms with Crippen LogP contribution in [0.1, 0.15) is 42.0 Å². The van der Waals surface area contributed by atoms with E-state index in [1.807, 2.05) is 0 Å². The fourth-order valence-corrected chi connectivity index (χ4v) is 5.40. The molecular weight excluding hydrogens is 374 g/mol. The monoisotopic (exact) mass is 399 g/mol. The summed E-state index contributed by atoms with van der Waals surface area (Å²) in [5, 5.41) is 3.04. The van der Waals surface area contributed by atoms with E-state index >= 15 is 0 Å². The Hall–Kier alpha value is -2.38. The molecule has 1 amide bonds. The smallest absolute Gasteiger partial charge is 0.242 e. The number of carbonyl (C=O) groups excluding carboxylic acids is 1. The van der Waals surface area contributed by atoms with E-state index in [0.29, 0.717) is 5.69 Å². The van der Waals surface area contributed by atoms with Gasteiger partial charge in [0, 0.05) is 11.4 Å². The number of hydrogen-bond donors (Lipinski definition) is 3. The van der Waals surface area contributed by atoms with Gasteiger partial charge in [-0.25, -0.2) is 8.42 Å². The highest BCUT2D eigenvalue weighted by Gasteiger charge is 2.27. The number of nitrogens with two attached hydrogens (primary N) is 1. The maximum Gasteiger partial charge on any atom is 0.242 e. The fourth-order valence-electron chi connectivity index (χ4n) is 4.20. The molecule has 2 aromatic rings. The summed E-state index contributed by atoms with van der Waals surface area (Å²) in [4.78, 5) is 12.9. The molecule has 148 valence electrons. The molecule has 0 heterocycles. The van der Waals surface area contributed by atoms with Crippen LogP contribution in [0.25, 0.3) is 0 Å². The van der Waals surface area contributed by atoms with Crippen molar-refractivity contribution in [2.75, 3.05) is 11.1 Å². The predicted molar refractivity (Wildman–Crippen MR) is 110 cm³/mol. The zero-order chi connectivity index (χ0) is 19.9. The lowest BCUT2D eigenvalue weighted by atomic mass is 9.98. The summed E-state index contributed by atoms with van der Waals surface area (Å²) in [6.07, 6.45) is 6.21. The number of aryl methyl sites for hydroxylation is 2. The molecule has 0 radical (unpaired) electrons. The van der Waals surface area contributed by atoms with E-state index in [2.05, 4.69) is 16.1 Å². The molecule has 0 aliphatic heterocycles. The lowest BCUT2D eigenvalue weighted by Gasteiger charge is -2.19. The number of benzene rings is 2. The summed E-state index contributed by atoms with van der Waals surface area (Å²) < 4.78 is 27.6. The number of nitrogen functional groups attached to an aromatic ring is 1. The number of sulfonamides is 1. The Labute approximate surface area is 165 Å². The number of nitrogens with one attached hydrogen (secondary N) is 2. The molecule has 2 aromatic carbocycles. The van der Waals surface area contributed by atoms with Crippen LogP contribution < -0.4 is 15.8 Å². The van der Waals surface area contributed by atoms with Crippen LogP contribution in [0, 0.1) is 0 Å². The van der Waals surface area contributed by atoms with Gasteiger partial charge in [0.25, 0.3) is 0 Å². The molecule has 0 bridgehead atoms. The van der Waals surface area contributed by atoms with Crippen molar-refractivity contribution in [2.45, 2.75) is 56.4 Å². The number of rotatable bonds is 5. The van der Waals surface area contributed by atoms with E-state index in [1.165, 1.54) is 46.5 Å². The molecule has 4 N–H and O–H groups in total. The summed E-state index contributed by atoms with van der Waals surface area (Å²) in [6, 6.07) is 7.31. The summed E-state index contributed by atoms with van der Waals surface area (Å²) in [6.45, 7) is 1.56. The third-order valence-corrected chi connectivity index (χ3v) is 7.19. The number of anilines is 2. The second kappa shape index (κ2) is 7.22. The summed E-state index contributed by atoms with van der Waals surface area (Å²) in [7, 11) is -3.80. The molecule has 1 unspecified atom stereocenters. The maximum atomic E-state index is 12.8. The van der Waals surface area contributed by atoms with Crippen molar-refractivity contribution in [3.05, 3.63) is 52.6 Å². The van der Waals surface area contributed by atoms with Crippen molar-refractivity contribution < 1.29 is 13.2 Å². The molecule has 2 aliphatic rings. The van der Waals surface area contributed by atoms with Crippen LogP contribution in [0.4, 0.5) is 11.4 Å².